The molecule has 19 heavy (non-hydrogen) atoms. The highest BCUT2D eigenvalue weighted by Gasteiger charge is 2.29. The third-order valence-electron chi connectivity index (χ3n) is 3.39. The first-order chi connectivity index (χ1) is 9.17. The van der Waals surface area contributed by atoms with Crippen molar-refractivity contribution in [2.24, 2.45) is 0 Å². The predicted molar refractivity (Wildman–Crippen MR) is 80.8 cm³/mol. The highest BCUT2D eigenvalue weighted by Crippen LogP contribution is 2.43. The van der Waals surface area contributed by atoms with Crippen LogP contribution in [0, 0.1) is 0 Å². The first kappa shape index (κ1) is 13.2. The minimum atomic E-state index is -0.460. The fourth-order valence-corrected chi connectivity index (χ4v) is 3.72. The molecule has 4 heteroatoms. The van der Waals surface area contributed by atoms with Crippen LogP contribution in [0.15, 0.2) is 34.8 Å². The molecule has 1 N–H and O–H groups in total. The lowest BCUT2D eigenvalue weighted by molar-refractivity contribution is 0.0674. The van der Waals surface area contributed by atoms with Crippen LogP contribution in [-0.4, -0.2) is 5.11 Å². The van der Waals surface area contributed by atoms with Gasteiger partial charge in [0, 0.05) is 26.2 Å². The van der Waals surface area contributed by atoms with Crippen LogP contribution in [0.2, 0.25) is 0 Å². The van der Waals surface area contributed by atoms with E-state index in [0.29, 0.717) is 6.42 Å². The largest absolute Gasteiger partial charge is 0.484 e. The Bertz CT molecular complexity index is 594. The summed E-state index contributed by atoms with van der Waals surface area (Å²) < 4.78 is 7.00. The van der Waals surface area contributed by atoms with Gasteiger partial charge in [-0.25, -0.2) is 0 Å². The standard InChI is InChI=1S/C15H15BrO2S/c1-2-10-4-6-15(19-10)14-8-12(17)11-7-9(16)3-5-13(11)18-14/h3-7,12,14,17H,2,8H2,1H3/t12-,14?/m1/s1. The second-order valence-corrected chi connectivity index (χ2v) is 6.81. The van der Waals surface area contributed by atoms with E-state index in [-0.39, 0.29) is 6.10 Å². The molecular weight excluding hydrogens is 324 g/mol. The van der Waals surface area contributed by atoms with Gasteiger partial charge in [0.1, 0.15) is 11.9 Å². The van der Waals surface area contributed by atoms with Crippen LogP contribution in [-0.2, 0) is 6.42 Å². The van der Waals surface area contributed by atoms with Gasteiger partial charge in [-0.1, -0.05) is 22.9 Å². The molecule has 0 radical (unpaired) electrons. The van der Waals surface area contributed by atoms with Crippen LogP contribution in [0.5, 0.6) is 5.75 Å². The number of ether oxygens (including phenoxy) is 1. The molecule has 2 nitrogen and oxygen atoms in total. The van der Waals surface area contributed by atoms with Crippen molar-refractivity contribution in [3.63, 3.8) is 0 Å². The van der Waals surface area contributed by atoms with Gasteiger partial charge in [0.15, 0.2) is 0 Å². The summed E-state index contributed by atoms with van der Waals surface area (Å²) in [6, 6.07) is 10.1. The molecule has 0 amide bonds. The van der Waals surface area contributed by atoms with Crippen LogP contribution >= 0.6 is 27.3 Å². The Morgan fingerprint density at radius 2 is 2.21 bits per heavy atom. The zero-order chi connectivity index (χ0) is 13.4. The molecule has 1 aliphatic heterocycles. The summed E-state index contributed by atoms with van der Waals surface area (Å²) in [5.74, 6) is 0.790. The zero-order valence-electron chi connectivity index (χ0n) is 10.6. The Labute approximate surface area is 125 Å². The first-order valence-corrected chi connectivity index (χ1v) is 8.01. The van der Waals surface area contributed by atoms with E-state index in [2.05, 4.69) is 35.0 Å². The molecule has 1 aromatic carbocycles. The maximum absolute atomic E-state index is 10.3. The number of aliphatic hydroxyl groups is 1. The molecule has 1 unspecified atom stereocenters. The average molecular weight is 339 g/mol. The van der Waals surface area contributed by atoms with Crippen molar-refractivity contribution >= 4 is 27.3 Å². The number of aryl methyl sites for hydroxylation is 1. The van der Waals surface area contributed by atoms with Crippen molar-refractivity contribution in [2.75, 3.05) is 0 Å². The Morgan fingerprint density at radius 1 is 1.37 bits per heavy atom. The van der Waals surface area contributed by atoms with Crippen molar-refractivity contribution in [1.82, 2.24) is 0 Å². The Kier molecular flexibility index (Phi) is 3.65. The predicted octanol–water partition coefficient (Wildman–Crippen LogP) is 4.63. The zero-order valence-corrected chi connectivity index (χ0v) is 13.0. The number of thiophene rings is 1. The van der Waals surface area contributed by atoms with Crippen LogP contribution in [0.4, 0.5) is 0 Å². The number of benzene rings is 1. The van der Waals surface area contributed by atoms with E-state index < -0.39 is 6.10 Å². The van der Waals surface area contributed by atoms with Crippen LogP contribution < -0.4 is 4.74 Å². The van der Waals surface area contributed by atoms with Crippen molar-refractivity contribution in [3.8, 4) is 5.75 Å². The summed E-state index contributed by atoms with van der Waals surface area (Å²) in [7, 11) is 0. The van der Waals surface area contributed by atoms with Crippen molar-refractivity contribution < 1.29 is 9.84 Å². The van der Waals surface area contributed by atoms with E-state index in [1.165, 1.54) is 9.75 Å². The average Bonchev–Trinajstić information content (AvgIpc) is 2.88. The lowest BCUT2D eigenvalue weighted by Crippen LogP contribution is -2.18. The fourth-order valence-electron chi connectivity index (χ4n) is 2.35. The van der Waals surface area contributed by atoms with Gasteiger partial charge < -0.3 is 9.84 Å². The number of hydrogen-bond donors (Lipinski definition) is 1. The normalized spacial score (nSPS) is 21.8. The monoisotopic (exact) mass is 338 g/mol. The molecule has 3 rings (SSSR count). The van der Waals surface area contributed by atoms with Gasteiger partial charge in [-0.3, -0.25) is 0 Å². The van der Waals surface area contributed by atoms with Crippen molar-refractivity contribution in [2.45, 2.75) is 32.0 Å². The maximum Gasteiger partial charge on any atom is 0.136 e. The molecule has 1 aliphatic rings. The van der Waals surface area contributed by atoms with E-state index in [0.717, 1.165) is 22.2 Å². The minimum Gasteiger partial charge on any atom is -0.484 e. The molecule has 1 aromatic heterocycles. The third-order valence-corrected chi connectivity index (χ3v) is 5.20. The molecule has 2 heterocycles. The third kappa shape index (κ3) is 2.57. The maximum atomic E-state index is 10.3. The molecule has 2 aromatic rings. The van der Waals surface area contributed by atoms with Gasteiger partial charge in [-0.15, -0.1) is 11.3 Å². The smallest absolute Gasteiger partial charge is 0.136 e. The molecule has 2 atom stereocenters. The van der Waals surface area contributed by atoms with Gasteiger partial charge in [0.25, 0.3) is 0 Å². The van der Waals surface area contributed by atoms with E-state index in [4.69, 9.17) is 4.74 Å². The van der Waals surface area contributed by atoms with E-state index in [1.54, 1.807) is 11.3 Å². The molecule has 0 bridgehead atoms. The molecule has 0 aliphatic carbocycles. The minimum absolute atomic E-state index is 0.0334. The van der Waals surface area contributed by atoms with E-state index in [1.807, 2.05) is 18.2 Å². The second kappa shape index (κ2) is 5.27. The van der Waals surface area contributed by atoms with Crippen molar-refractivity contribution in [3.05, 3.63) is 50.1 Å². The van der Waals surface area contributed by atoms with Crippen LogP contribution in [0.25, 0.3) is 0 Å². The Balaban J connectivity index is 1.90. The van der Waals surface area contributed by atoms with E-state index in [9.17, 15) is 5.11 Å². The Hall–Kier alpha value is -0.840. The van der Waals surface area contributed by atoms with Gasteiger partial charge in [0.2, 0.25) is 0 Å². The molecule has 0 fully saturated rings. The van der Waals surface area contributed by atoms with Crippen molar-refractivity contribution in [1.29, 1.82) is 0 Å². The quantitative estimate of drug-likeness (QED) is 0.864. The summed E-state index contributed by atoms with van der Waals surface area (Å²) in [6.07, 6.45) is 1.17. The lowest BCUT2D eigenvalue weighted by Gasteiger charge is -2.29. The molecule has 100 valence electrons. The lowest BCUT2D eigenvalue weighted by atomic mass is 9.98. The highest BCUT2D eigenvalue weighted by molar-refractivity contribution is 9.10. The van der Waals surface area contributed by atoms with Gasteiger partial charge in [0.05, 0.1) is 6.10 Å². The molecule has 0 spiro atoms. The molecule has 0 saturated carbocycles. The number of fused-ring (bicyclic) bond motifs is 1. The van der Waals surface area contributed by atoms with Gasteiger partial charge >= 0.3 is 0 Å². The van der Waals surface area contributed by atoms with Crippen LogP contribution in [0.1, 0.15) is 40.9 Å². The van der Waals surface area contributed by atoms with Crippen LogP contribution in [0.3, 0.4) is 0 Å². The van der Waals surface area contributed by atoms with Gasteiger partial charge in [-0.2, -0.15) is 0 Å². The Morgan fingerprint density at radius 3 is 2.95 bits per heavy atom. The number of hydrogen-bond acceptors (Lipinski definition) is 3. The summed E-state index contributed by atoms with van der Waals surface area (Å²) >= 11 is 5.20. The molecular formula is C15H15BrO2S. The SMILES string of the molecule is CCc1ccc(C2C[C@@H](O)c3cc(Br)ccc3O2)s1. The second-order valence-electron chi connectivity index (χ2n) is 4.70. The highest BCUT2D eigenvalue weighted by atomic mass is 79.9. The molecule has 0 saturated heterocycles. The topological polar surface area (TPSA) is 29.5 Å². The van der Waals surface area contributed by atoms with Gasteiger partial charge in [-0.05, 0) is 36.8 Å². The summed E-state index contributed by atoms with van der Waals surface area (Å²) in [4.78, 5) is 2.55. The number of rotatable bonds is 2. The first-order valence-electron chi connectivity index (χ1n) is 6.40. The number of halogens is 1. The summed E-state index contributed by atoms with van der Waals surface area (Å²) in [5.41, 5.74) is 0.873. The summed E-state index contributed by atoms with van der Waals surface area (Å²) in [5, 5.41) is 10.3. The number of aliphatic hydroxyl groups excluding tert-OH is 1. The van der Waals surface area contributed by atoms with E-state index >= 15 is 0 Å². The fraction of sp³-hybridized carbons (Fsp3) is 0.333. The summed E-state index contributed by atoms with van der Waals surface area (Å²) in [6.45, 7) is 2.15.